The summed E-state index contributed by atoms with van der Waals surface area (Å²) in [6.07, 6.45) is 0. The molecule has 69 heavy (non-hydrogen) atoms. The first-order chi connectivity index (χ1) is 31.7. The van der Waals surface area contributed by atoms with Crippen LogP contribution in [0, 0.1) is 0 Å². The van der Waals surface area contributed by atoms with Crippen molar-refractivity contribution in [2.75, 3.05) is 16.0 Å². The summed E-state index contributed by atoms with van der Waals surface area (Å²) in [5.41, 5.74) is -3.82. The van der Waals surface area contributed by atoms with Crippen molar-refractivity contribution in [3.63, 3.8) is 0 Å². The molecule has 9 N–H and O–H groups in total. The second-order valence-corrected chi connectivity index (χ2v) is 22.8. The average Bonchev–Trinajstić information content (AvgIpc) is 3.22. The standard InChI is InChI=1S/C39H27N3O21S6/c43-37(40-22-13-28-25(34(16-22)67(55,56)57)4-1-7-31(28)64(46,47)48)19-10-20(38(44)41-23-14-29-26(35(17-23)68(58,59)60)5-2-8-32(29)65(49,50)51)12-21(11-19)39(45)42-24-15-30-27(36(18-24)69(61,62)63)6-3-9-33(30)66(52,53)54/h1-18H,(H,40,43)(H,41,44)(H,42,45)(H,46,47,48)(H,49,50,51)(H,52,53,54)(H,55,56,57)(H,58,59,60)(H,61,62,63). The van der Waals surface area contributed by atoms with Gasteiger partial charge in [-0.2, -0.15) is 50.5 Å². The highest BCUT2D eigenvalue weighted by molar-refractivity contribution is 7.87. The van der Waals surface area contributed by atoms with Crippen LogP contribution in [0.2, 0.25) is 0 Å². The zero-order valence-electron chi connectivity index (χ0n) is 33.6. The molecule has 0 saturated carbocycles. The Kier molecular flexibility index (Phi) is 12.6. The summed E-state index contributed by atoms with van der Waals surface area (Å²) in [6, 6.07) is 15.8. The van der Waals surface area contributed by atoms with E-state index in [-0.39, 0.29) is 0 Å². The quantitative estimate of drug-likeness (QED) is 0.0766. The maximum absolute atomic E-state index is 14.0. The molecule has 0 radical (unpaired) electrons. The number of hydrogen-bond acceptors (Lipinski definition) is 15. The number of fused-ring (bicyclic) bond motifs is 3. The third-order valence-corrected chi connectivity index (χ3v) is 15.3. The van der Waals surface area contributed by atoms with E-state index in [2.05, 4.69) is 16.0 Å². The molecule has 30 heteroatoms. The summed E-state index contributed by atoms with van der Waals surface area (Å²) in [4.78, 5) is 36.5. The molecule has 0 aliphatic rings. The first-order valence-electron chi connectivity index (χ1n) is 18.4. The summed E-state index contributed by atoms with van der Waals surface area (Å²) >= 11 is 0. The molecule has 0 aromatic heterocycles. The van der Waals surface area contributed by atoms with Gasteiger partial charge in [0.1, 0.15) is 29.4 Å². The topological polar surface area (TPSA) is 414 Å². The number of hydrogen-bond donors (Lipinski definition) is 9. The average molecular weight is 1070 g/mol. The van der Waals surface area contributed by atoms with Crippen LogP contribution >= 0.6 is 0 Å². The SMILES string of the molecule is O=C(Nc1cc(S(=O)(=O)O)c2cccc(S(=O)(=O)O)c2c1)c1cc(C(=O)Nc2cc(S(=O)(=O)O)c3cccc(S(=O)(=O)O)c3c2)cc(C(=O)Nc2cc(S(=O)(=O)O)c3cccc(S(=O)(=O)O)c3c2)c1. The number of nitrogens with one attached hydrogen (secondary N) is 3. The summed E-state index contributed by atoms with van der Waals surface area (Å²) in [5.74, 6) is -4.01. The molecule has 0 heterocycles. The molecule has 0 aliphatic carbocycles. The molecule has 0 aliphatic heterocycles. The van der Waals surface area contributed by atoms with Crippen LogP contribution < -0.4 is 16.0 Å². The Morgan fingerprint density at radius 3 is 0.710 bits per heavy atom. The van der Waals surface area contributed by atoms with E-state index in [1.165, 1.54) is 0 Å². The molecule has 0 fully saturated rings. The van der Waals surface area contributed by atoms with E-state index in [0.717, 1.165) is 91.0 Å². The molecule has 0 atom stereocenters. The molecular formula is C39H27N3O21S6. The van der Waals surface area contributed by atoms with E-state index < -0.39 is 174 Å². The Hall–Kier alpha value is -6.81. The molecule has 360 valence electrons. The molecule has 0 unspecified atom stereocenters. The van der Waals surface area contributed by atoms with Crippen LogP contribution in [0.5, 0.6) is 0 Å². The smallest absolute Gasteiger partial charge is 0.295 e. The Bertz CT molecular complexity index is 3720. The van der Waals surface area contributed by atoms with Gasteiger partial charge in [0.05, 0.1) is 0 Å². The number of anilines is 3. The largest absolute Gasteiger partial charge is 0.322 e. The van der Waals surface area contributed by atoms with Crippen molar-refractivity contribution in [3.8, 4) is 0 Å². The van der Waals surface area contributed by atoms with Crippen LogP contribution in [0.15, 0.2) is 139 Å². The van der Waals surface area contributed by atoms with Crippen molar-refractivity contribution in [1.82, 2.24) is 0 Å². The normalized spacial score (nSPS) is 12.8. The lowest BCUT2D eigenvalue weighted by atomic mass is 10.0. The molecule has 7 aromatic rings. The van der Waals surface area contributed by atoms with Gasteiger partial charge in [0.15, 0.2) is 0 Å². The number of carbonyl (C=O) groups excluding carboxylic acids is 3. The molecular weight excluding hydrogens is 1040 g/mol. The van der Waals surface area contributed by atoms with Crippen LogP contribution in [0.3, 0.4) is 0 Å². The third kappa shape index (κ3) is 10.5. The maximum Gasteiger partial charge on any atom is 0.295 e. The van der Waals surface area contributed by atoms with Gasteiger partial charge in [-0.15, -0.1) is 0 Å². The summed E-state index contributed by atoms with van der Waals surface area (Å²) in [5, 5.41) is 3.68. The van der Waals surface area contributed by atoms with Crippen LogP contribution in [-0.4, -0.2) is 95.5 Å². The monoisotopic (exact) mass is 1060 g/mol. The summed E-state index contributed by atoms with van der Waals surface area (Å²) in [7, 11) is -30.9. The fourth-order valence-corrected chi connectivity index (χ4v) is 11.4. The van der Waals surface area contributed by atoms with Crippen molar-refractivity contribution in [3.05, 3.63) is 126 Å². The van der Waals surface area contributed by atoms with Gasteiger partial charge in [-0.1, -0.05) is 36.4 Å². The highest BCUT2D eigenvalue weighted by atomic mass is 32.2. The first kappa shape index (κ1) is 50.1. The van der Waals surface area contributed by atoms with Gasteiger partial charge in [0.2, 0.25) is 0 Å². The van der Waals surface area contributed by atoms with Crippen LogP contribution in [0.1, 0.15) is 31.1 Å². The Balaban J connectivity index is 1.39. The second kappa shape index (κ2) is 17.3. The van der Waals surface area contributed by atoms with Crippen LogP contribution in [0.4, 0.5) is 17.1 Å². The highest BCUT2D eigenvalue weighted by Gasteiger charge is 2.27. The van der Waals surface area contributed by atoms with Gasteiger partial charge in [0, 0.05) is 66.1 Å². The van der Waals surface area contributed by atoms with Crippen molar-refractivity contribution >= 4 is 128 Å². The number of amides is 3. The highest BCUT2D eigenvalue weighted by Crippen LogP contribution is 2.35. The number of benzene rings is 7. The molecule has 3 amide bonds. The number of carbonyl (C=O) groups is 3. The molecule has 0 saturated heterocycles. The van der Waals surface area contributed by atoms with Crippen molar-refractivity contribution < 1.29 is 92.2 Å². The lowest BCUT2D eigenvalue weighted by Gasteiger charge is -2.15. The van der Waals surface area contributed by atoms with Gasteiger partial charge in [0.25, 0.3) is 78.4 Å². The van der Waals surface area contributed by atoms with Gasteiger partial charge in [-0.25, -0.2) is 0 Å². The summed E-state index contributed by atoms with van der Waals surface area (Å²) in [6.45, 7) is 0. The molecule has 7 rings (SSSR count). The van der Waals surface area contributed by atoms with Crippen LogP contribution in [-0.2, 0) is 60.7 Å². The molecule has 0 spiro atoms. The predicted octanol–water partition coefficient (Wildman–Crippen LogP) is 4.38. The van der Waals surface area contributed by atoms with E-state index in [1.54, 1.807) is 0 Å². The maximum atomic E-state index is 14.0. The van der Waals surface area contributed by atoms with Gasteiger partial charge in [-0.3, -0.25) is 41.7 Å². The molecule has 7 aromatic carbocycles. The number of rotatable bonds is 12. The Labute approximate surface area is 389 Å². The lowest BCUT2D eigenvalue weighted by molar-refractivity contribution is 0.102. The second-order valence-electron chi connectivity index (χ2n) is 14.5. The molecule has 24 nitrogen and oxygen atoms in total. The zero-order chi connectivity index (χ0) is 51.0. The summed E-state index contributed by atoms with van der Waals surface area (Å²) < 4.78 is 208. The lowest BCUT2D eigenvalue weighted by Crippen LogP contribution is -2.20. The van der Waals surface area contributed by atoms with Gasteiger partial charge < -0.3 is 16.0 Å². The Morgan fingerprint density at radius 1 is 0.290 bits per heavy atom. The van der Waals surface area contributed by atoms with Crippen molar-refractivity contribution in [1.29, 1.82) is 0 Å². The fraction of sp³-hybridized carbons (Fsp3) is 0. The van der Waals surface area contributed by atoms with E-state index in [1.807, 2.05) is 0 Å². The van der Waals surface area contributed by atoms with E-state index >= 15 is 0 Å². The predicted molar refractivity (Wildman–Crippen MR) is 241 cm³/mol. The van der Waals surface area contributed by atoms with Gasteiger partial charge >= 0.3 is 0 Å². The third-order valence-electron chi connectivity index (χ3n) is 9.91. The van der Waals surface area contributed by atoms with Crippen molar-refractivity contribution in [2.24, 2.45) is 0 Å². The van der Waals surface area contributed by atoms with E-state index in [4.69, 9.17) is 0 Å². The minimum atomic E-state index is -5.22. The van der Waals surface area contributed by atoms with Gasteiger partial charge in [-0.05, 0) is 72.8 Å². The van der Waals surface area contributed by atoms with E-state index in [0.29, 0.717) is 18.2 Å². The minimum Gasteiger partial charge on any atom is -0.322 e. The van der Waals surface area contributed by atoms with Crippen LogP contribution in [0.25, 0.3) is 32.3 Å². The van der Waals surface area contributed by atoms with Crippen molar-refractivity contribution in [2.45, 2.75) is 29.4 Å². The fourth-order valence-electron chi connectivity index (χ4n) is 7.13. The Morgan fingerprint density at radius 2 is 0.507 bits per heavy atom. The minimum absolute atomic E-state index is 0.438. The first-order valence-corrected chi connectivity index (χ1v) is 27.0. The van der Waals surface area contributed by atoms with E-state index in [9.17, 15) is 92.2 Å². The molecule has 0 bridgehead atoms. The zero-order valence-corrected chi connectivity index (χ0v) is 38.5.